The summed E-state index contributed by atoms with van der Waals surface area (Å²) in [6.45, 7) is 8.82. The summed E-state index contributed by atoms with van der Waals surface area (Å²) in [5.74, 6) is 0.542. The first-order chi connectivity index (χ1) is 8.19. The molecule has 0 aliphatic carbocycles. The molecule has 0 bridgehead atoms. The largest absolute Gasteiger partial charge is 0.242 e. The van der Waals surface area contributed by atoms with E-state index in [2.05, 4.69) is 56.2 Å². The zero-order chi connectivity index (χ0) is 12.4. The molecule has 2 rings (SSSR count). The highest BCUT2D eigenvalue weighted by Crippen LogP contribution is 2.27. The second-order valence-electron chi connectivity index (χ2n) is 4.82. The molecule has 0 saturated heterocycles. The van der Waals surface area contributed by atoms with Crippen LogP contribution in [0.25, 0.3) is 11.0 Å². The lowest BCUT2D eigenvalue weighted by atomic mass is 9.97. The summed E-state index contributed by atoms with van der Waals surface area (Å²) in [6.07, 6.45) is 2.21. The van der Waals surface area contributed by atoms with Crippen LogP contribution in [0.5, 0.6) is 0 Å². The third-order valence-corrected chi connectivity index (χ3v) is 3.69. The van der Waals surface area contributed by atoms with Crippen LogP contribution < -0.4 is 0 Å². The van der Waals surface area contributed by atoms with E-state index in [9.17, 15) is 0 Å². The summed E-state index contributed by atoms with van der Waals surface area (Å²) in [7, 11) is 0. The van der Waals surface area contributed by atoms with Crippen LogP contribution in [0.2, 0.25) is 0 Å². The first-order valence-corrected chi connectivity index (χ1v) is 6.52. The monoisotopic (exact) mass is 231 g/mol. The van der Waals surface area contributed by atoms with Crippen molar-refractivity contribution < 1.29 is 0 Å². The molecule has 1 aromatic carbocycles. The van der Waals surface area contributed by atoms with Crippen LogP contribution in [-0.2, 0) is 0 Å². The molecule has 0 spiro atoms. The van der Waals surface area contributed by atoms with Crippen molar-refractivity contribution in [2.24, 2.45) is 0 Å². The van der Waals surface area contributed by atoms with Crippen LogP contribution in [0.1, 0.15) is 58.1 Å². The van der Waals surface area contributed by atoms with E-state index in [0.717, 1.165) is 23.9 Å². The fraction of sp³-hybridized carbons (Fsp3) is 0.571. The average Bonchev–Trinajstić information content (AvgIpc) is 2.80. The quantitative estimate of drug-likeness (QED) is 0.798. The van der Waals surface area contributed by atoms with Gasteiger partial charge in [-0.1, -0.05) is 38.1 Å². The zero-order valence-corrected chi connectivity index (χ0v) is 11.1. The van der Waals surface area contributed by atoms with Crippen molar-refractivity contribution in [2.45, 2.75) is 52.5 Å². The predicted octanol–water partition coefficient (Wildman–Crippen LogP) is 3.92. The lowest BCUT2D eigenvalue weighted by Crippen LogP contribution is -2.05. The fourth-order valence-corrected chi connectivity index (χ4v) is 2.10. The molecule has 0 amide bonds. The highest BCUT2D eigenvalue weighted by atomic mass is 15.4. The van der Waals surface area contributed by atoms with Gasteiger partial charge in [0, 0.05) is 0 Å². The van der Waals surface area contributed by atoms with E-state index in [-0.39, 0.29) is 0 Å². The molecular formula is C14H21N3. The van der Waals surface area contributed by atoms with Crippen molar-refractivity contribution in [1.29, 1.82) is 0 Å². The Labute approximate surface area is 103 Å². The normalized spacial score (nSPS) is 15.1. The molecular weight excluding hydrogens is 210 g/mol. The number of nitrogens with zero attached hydrogens (tertiary/aromatic N) is 3. The van der Waals surface area contributed by atoms with Gasteiger partial charge in [-0.25, -0.2) is 4.68 Å². The minimum absolute atomic E-state index is 0.409. The van der Waals surface area contributed by atoms with Crippen LogP contribution in [0, 0.1) is 0 Å². The number of hydrogen-bond acceptors (Lipinski definition) is 2. The Bertz CT molecular complexity index is 501. The van der Waals surface area contributed by atoms with Crippen molar-refractivity contribution in [3.63, 3.8) is 0 Å². The molecule has 0 aliphatic heterocycles. The molecule has 0 aliphatic rings. The molecule has 1 heterocycles. The van der Waals surface area contributed by atoms with Crippen LogP contribution in [0.15, 0.2) is 18.2 Å². The topological polar surface area (TPSA) is 30.7 Å². The van der Waals surface area contributed by atoms with Gasteiger partial charge in [-0.3, -0.25) is 0 Å². The van der Waals surface area contributed by atoms with E-state index in [0.29, 0.717) is 12.0 Å². The number of benzene rings is 1. The van der Waals surface area contributed by atoms with Gasteiger partial charge >= 0.3 is 0 Å². The van der Waals surface area contributed by atoms with Gasteiger partial charge < -0.3 is 0 Å². The molecule has 0 saturated carbocycles. The molecule has 1 aromatic heterocycles. The third kappa shape index (κ3) is 2.06. The Kier molecular flexibility index (Phi) is 3.46. The van der Waals surface area contributed by atoms with Gasteiger partial charge in [0.2, 0.25) is 0 Å². The van der Waals surface area contributed by atoms with Crippen molar-refractivity contribution in [2.75, 3.05) is 0 Å². The predicted molar refractivity (Wildman–Crippen MR) is 71.2 cm³/mol. The van der Waals surface area contributed by atoms with Crippen LogP contribution in [-0.4, -0.2) is 15.0 Å². The first kappa shape index (κ1) is 12.1. The maximum absolute atomic E-state index is 4.37. The average molecular weight is 231 g/mol. The van der Waals surface area contributed by atoms with Gasteiger partial charge in [-0.15, -0.1) is 5.10 Å². The summed E-state index contributed by atoms with van der Waals surface area (Å²) < 4.78 is 2.04. The summed E-state index contributed by atoms with van der Waals surface area (Å²) in [4.78, 5) is 0. The molecule has 3 nitrogen and oxygen atoms in total. The van der Waals surface area contributed by atoms with Gasteiger partial charge in [-0.2, -0.15) is 0 Å². The SMILES string of the molecule is CCC(C)c1cccc2c1nnn2C(C)CC. The number of aromatic nitrogens is 3. The van der Waals surface area contributed by atoms with Crippen molar-refractivity contribution in [1.82, 2.24) is 15.0 Å². The molecule has 92 valence electrons. The smallest absolute Gasteiger partial charge is 0.116 e. The Balaban J connectivity index is 2.56. The van der Waals surface area contributed by atoms with Crippen molar-refractivity contribution in [3.05, 3.63) is 23.8 Å². The van der Waals surface area contributed by atoms with Gasteiger partial charge in [0.1, 0.15) is 5.52 Å². The highest BCUT2D eigenvalue weighted by Gasteiger charge is 2.14. The van der Waals surface area contributed by atoms with E-state index >= 15 is 0 Å². The molecule has 0 fully saturated rings. The van der Waals surface area contributed by atoms with Crippen LogP contribution in [0.3, 0.4) is 0 Å². The molecule has 2 atom stereocenters. The summed E-state index contributed by atoms with van der Waals surface area (Å²) in [6, 6.07) is 6.82. The molecule has 2 unspecified atom stereocenters. The Morgan fingerprint density at radius 2 is 1.94 bits per heavy atom. The lowest BCUT2D eigenvalue weighted by molar-refractivity contribution is 0.478. The summed E-state index contributed by atoms with van der Waals surface area (Å²) in [5, 5.41) is 8.68. The maximum atomic E-state index is 4.37. The molecule has 2 aromatic rings. The Morgan fingerprint density at radius 1 is 1.18 bits per heavy atom. The third-order valence-electron chi connectivity index (χ3n) is 3.69. The lowest BCUT2D eigenvalue weighted by Gasteiger charge is -2.11. The van der Waals surface area contributed by atoms with E-state index in [4.69, 9.17) is 0 Å². The van der Waals surface area contributed by atoms with Crippen LogP contribution >= 0.6 is 0 Å². The maximum Gasteiger partial charge on any atom is 0.116 e. The summed E-state index contributed by atoms with van der Waals surface area (Å²) >= 11 is 0. The number of rotatable bonds is 4. The Morgan fingerprint density at radius 3 is 2.59 bits per heavy atom. The molecule has 0 N–H and O–H groups in total. The van der Waals surface area contributed by atoms with E-state index in [1.54, 1.807) is 0 Å². The minimum Gasteiger partial charge on any atom is -0.242 e. The van der Waals surface area contributed by atoms with Crippen molar-refractivity contribution >= 4 is 11.0 Å². The van der Waals surface area contributed by atoms with E-state index in [1.165, 1.54) is 5.56 Å². The Hall–Kier alpha value is -1.38. The number of fused-ring (bicyclic) bond motifs is 1. The van der Waals surface area contributed by atoms with Gasteiger partial charge in [0.15, 0.2) is 0 Å². The van der Waals surface area contributed by atoms with Crippen LogP contribution in [0.4, 0.5) is 0 Å². The minimum atomic E-state index is 0.409. The standard InChI is InChI=1S/C14H21N3/c1-5-10(3)12-8-7-9-13-14(12)15-16-17(13)11(4)6-2/h7-11H,5-6H2,1-4H3. The highest BCUT2D eigenvalue weighted by molar-refractivity contribution is 5.78. The van der Waals surface area contributed by atoms with Gasteiger partial charge in [0.05, 0.1) is 11.6 Å². The van der Waals surface area contributed by atoms with Gasteiger partial charge in [0.25, 0.3) is 0 Å². The molecule has 0 radical (unpaired) electrons. The van der Waals surface area contributed by atoms with Gasteiger partial charge in [-0.05, 0) is 37.3 Å². The van der Waals surface area contributed by atoms with E-state index in [1.807, 2.05) is 4.68 Å². The summed E-state index contributed by atoms with van der Waals surface area (Å²) in [5.41, 5.74) is 3.55. The molecule has 3 heteroatoms. The molecule has 17 heavy (non-hydrogen) atoms. The second kappa shape index (κ2) is 4.86. The zero-order valence-electron chi connectivity index (χ0n) is 11.1. The first-order valence-electron chi connectivity index (χ1n) is 6.52. The fourth-order valence-electron chi connectivity index (χ4n) is 2.10. The van der Waals surface area contributed by atoms with E-state index < -0.39 is 0 Å². The number of hydrogen-bond donors (Lipinski definition) is 0. The second-order valence-corrected chi connectivity index (χ2v) is 4.82. The van der Waals surface area contributed by atoms with Crippen molar-refractivity contribution in [3.8, 4) is 0 Å².